The molecule has 0 atom stereocenters. The zero-order chi connectivity index (χ0) is 10.8. The van der Waals surface area contributed by atoms with Crippen molar-refractivity contribution in [2.45, 2.75) is 0 Å². The Balaban J connectivity index is 2.77. The van der Waals surface area contributed by atoms with Gasteiger partial charge in [-0.25, -0.2) is 4.98 Å². The molecule has 0 radical (unpaired) electrons. The topological polar surface area (TPSA) is 68.0 Å². The Bertz CT molecular complexity index is 522. The van der Waals surface area contributed by atoms with Gasteiger partial charge in [0.25, 0.3) is 5.91 Å². The maximum absolute atomic E-state index is 11.0. The van der Waals surface area contributed by atoms with Gasteiger partial charge in [0.15, 0.2) is 0 Å². The fourth-order valence-electron chi connectivity index (χ4n) is 1.51. The van der Waals surface area contributed by atoms with Crippen molar-refractivity contribution in [1.82, 2.24) is 4.98 Å². The minimum Gasteiger partial charge on any atom is -0.388 e. The number of para-hydroxylation sites is 1. The van der Waals surface area contributed by atoms with E-state index in [2.05, 4.69) is 10.3 Å². The lowest BCUT2D eigenvalue weighted by Crippen LogP contribution is -2.13. The highest BCUT2D eigenvalue weighted by Gasteiger charge is 2.07. The summed E-state index contributed by atoms with van der Waals surface area (Å²) in [6.45, 7) is 0. The van der Waals surface area contributed by atoms with Gasteiger partial charge in [-0.05, 0) is 12.1 Å². The third-order valence-electron chi connectivity index (χ3n) is 2.24. The number of fused-ring (bicyclic) bond motifs is 1. The molecule has 2 aromatic rings. The minimum atomic E-state index is -0.516. The second-order valence-corrected chi connectivity index (χ2v) is 3.19. The van der Waals surface area contributed by atoms with Crippen molar-refractivity contribution in [1.29, 1.82) is 0 Å². The Morgan fingerprint density at radius 2 is 2.13 bits per heavy atom. The van der Waals surface area contributed by atoms with E-state index in [1.165, 1.54) is 0 Å². The molecule has 0 aliphatic heterocycles. The number of carbonyl (C=O) groups excluding carboxylic acids is 1. The summed E-state index contributed by atoms with van der Waals surface area (Å²) in [4.78, 5) is 15.2. The summed E-state index contributed by atoms with van der Waals surface area (Å²) in [5.41, 5.74) is 7.09. The molecule has 15 heavy (non-hydrogen) atoms. The van der Waals surface area contributed by atoms with Gasteiger partial charge in [-0.1, -0.05) is 18.2 Å². The van der Waals surface area contributed by atoms with Gasteiger partial charge < -0.3 is 11.1 Å². The van der Waals surface area contributed by atoms with E-state index in [9.17, 15) is 4.79 Å². The number of rotatable bonds is 2. The minimum absolute atomic E-state index is 0.276. The van der Waals surface area contributed by atoms with Gasteiger partial charge in [-0.15, -0.1) is 0 Å². The first-order chi connectivity index (χ1) is 7.22. The van der Waals surface area contributed by atoms with Crippen LogP contribution in [0.1, 0.15) is 10.5 Å². The Morgan fingerprint density at radius 3 is 2.80 bits per heavy atom. The maximum Gasteiger partial charge on any atom is 0.267 e. The number of benzene rings is 1. The van der Waals surface area contributed by atoms with Crippen molar-refractivity contribution in [3.63, 3.8) is 0 Å². The lowest BCUT2D eigenvalue weighted by molar-refractivity contribution is 0.0996. The van der Waals surface area contributed by atoms with Crippen LogP contribution in [-0.2, 0) is 0 Å². The van der Waals surface area contributed by atoms with E-state index in [0.717, 1.165) is 16.6 Å². The van der Waals surface area contributed by atoms with E-state index in [1.807, 2.05) is 24.3 Å². The number of nitrogens with two attached hydrogens (primary N) is 1. The van der Waals surface area contributed by atoms with Crippen LogP contribution in [0.5, 0.6) is 0 Å². The van der Waals surface area contributed by atoms with Crippen LogP contribution >= 0.6 is 0 Å². The van der Waals surface area contributed by atoms with Crippen LogP contribution in [0.2, 0.25) is 0 Å². The molecule has 0 bridgehead atoms. The maximum atomic E-state index is 11.0. The molecule has 3 N–H and O–H groups in total. The highest BCUT2D eigenvalue weighted by Crippen LogP contribution is 2.22. The van der Waals surface area contributed by atoms with Crippen molar-refractivity contribution in [2.75, 3.05) is 12.4 Å². The summed E-state index contributed by atoms with van der Waals surface area (Å²) in [6.07, 6.45) is 0. The highest BCUT2D eigenvalue weighted by atomic mass is 16.1. The van der Waals surface area contributed by atoms with E-state index in [-0.39, 0.29) is 5.69 Å². The van der Waals surface area contributed by atoms with E-state index in [4.69, 9.17) is 5.73 Å². The average molecular weight is 201 g/mol. The van der Waals surface area contributed by atoms with Crippen molar-refractivity contribution in [3.05, 3.63) is 36.0 Å². The molecule has 1 aromatic heterocycles. The summed E-state index contributed by atoms with van der Waals surface area (Å²) in [5, 5.41) is 3.99. The predicted octanol–water partition coefficient (Wildman–Crippen LogP) is 1.38. The number of anilines is 1. The van der Waals surface area contributed by atoms with Gasteiger partial charge in [-0.3, -0.25) is 4.79 Å². The van der Waals surface area contributed by atoms with Gasteiger partial charge in [0.1, 0.15) is 5.69 Å². The Kier molecular flexibility index (Phi) is 2.25. The normalized spacial score (nSPS) is 10.2. The molecule has 1 heterocycles. The standard InChI is InChI=1S/C11H11N3O/c1-13-9-6-10(11(12)15)14-8-5-3-2-4-7(8)9/h2-6H,1H3,(H2,12,15)(H,13,14). The molecule has 0 saturated carbocycles. The summed E-state index contributed by atoms with van der Waals surface area (Å²) in [7, 11) is 1.80. The lowest BCUT2D eigenvalue weighted by atomic mass is 10.1. The summed E-state index contributed by atoms with van der Waals surface area (Å²) in [6, 6.07) is 9.25. The molecule has 2 rings (SSSR count). The van der Waals surface area contributed by atoms with Gasteiger partial charge >= 0.3 is 0 Å². The number of hydrogen-bond donors (Lipinski definition) is 2. The molecule has 0 unspecified atom stereocenters. The van der Waals surface area contributed by atoms with Crippen LogP contribution in [0.4, 0.5) is 5.69 Å². The van der Waals surface area contributed by atoms with Crippen molar-refractivity contribution in [3.8, 4) is 0 Å². The highest BCUT2D eigenvalue weighted by molar-refractivity contribution is 5.98. The number of nitrogens with zero attached hydrogens (tertiary/aromatic N) is 1. The van der Waals surface area contributed by atoms with Gasteiger partial charge in [0, 0.05) is 18.1 Å². The van der Waals surface area contributed by atoms with Crippen molar-refractivity contribution in [2.24, 2.45) is 5.73 Å². The van der Waals surface area contributed by atoms with Crippen molar-refractivity contribution >= 4 is 22.5 Å². The van der Waals surface area contributed by atoms with Crippen LogP contribution in [0.15, 0.2) is 30.3 Å². The third kappa shape index (κ3) is 1.61. The van der Waals surface area contributed by atoms with Gasteiger partial charge in [0.05, 0.1) is 5.52 Å². The molecule has 4 heteroatoms. The molecule has 0 aliphatic rings. The number of pyridine rings is 1. The molecule has 0 spiro atoms. The molecular weight excluding hydrogens is 190 g/mol. The number of aromatic nitrogens is 1. The van der Waals surface area contributed by atoms with Crippen LogP contribution < -0.4 is 11.1 Å². The molecule has 1 aromatic carbocycles. The van der Waals surface area contributed by atoms with Crippen LogP contribution in [0, 0.1) is 0 Å². The fraction of sp³-hybridized carbons (Fsp3) is 0.0909. The molecule has 0 saturated heterocycles. The SMILES string of the molecule is CNc1cc(C(N)=O)nc2ccccc12. The summed E-state index contributed by atoms with van der Waals surface area (Å²) in [5.74, 6) is -0.516. The van der Waals surface area contributed by atoms with Gasteiger partial charge in [-0.2, -0.15) is 0 Å². The monoisotopic (exact) mass is 201 g/mol. The molecular formula is C11H11N3O. The van der Waals surface area contributed by atoms with Crippen molar-refractivity contribution < 1.29 is 4.79 Å². The lowest BCUT2D eigenvalue weighted by Gasteiger charge is -2.06. The fourth-order valence-corrected chi connectivity index (χ4v) is 1.51. The molecule has 0 fully saturated rings. The first-order valence-electron chi connectivity index (χ1n) is 4.59. The first kappa shape index (κ1) is 9.45. The number of nitrogens with one attached hydrogen (secondary N) is 1. The quantitative estimate of drug-likeness (QED) is 0.771. The summed E-state index contributed by atoms with van der Waals surface area (Å²) < 4.78 is 0. The summed E-state index contributed by atoms with van der Waals surface area (Å²) >= 11 is 0. The van der Waals surface area contributed by atoms with Crippen LogP contribution in [0.25, 0.3) is 10.9 Å². The predicted molar refractivity (Wildman–Crippen MR) is 59.8 cm³/mol. The molecule has 1 amide bonds. The van der Waals surface area contributed by atoms with E-state index >= 15 is 0 Å². The zero-order valence-corrected chi connectivity index (χ0v) is 8.32. The molecule has 4 nitrogen and oxygen atoms in total. The average Bonchev–Trinajstić information content (AvgIpc) is 2.27. The third-order valence-corrected chi connectivity index (χ3v) is 2.24. The molecule has 76 valence electrons. The van der Waals surface area contributed by atoms with E-state index < -0.39 is 5.91 Å². The number of hydrogen-bond acceptors (Lipinski definition) is 3. The van der Waals surface area contributed by atoms with Crippen LogP contribution in [-0.4, -0.2) is 17.9 Å². The largest absolute Gasteiger partial charge is 0.388 e. The van der Waals surface area contributed by atoms with E-state index in [0.29, 0.717) is 0 Å². The first-order valence-corrected chi connectivity index (χ1v) is 4.59. The Hall–Kier alpha value is -2.10. The van der Waals surface area contributed by atoms with Crippen LogP contribution in [0.3, 0.4) is 0 Å². The second kappa shape index (κ2) is 3.57. The Labute approximate surface area is 87.1 Å². The number of carbonyl (C=O) groups is 1. The second-order valence-electron chi connectivity index (χ2n) is 3.19. The zero-order valence-electron chi connectivity index (χ0n) is 8.32. The van der Waals surface area contributed by atoms with Gasteiger partial charge in [0.2, 0.25) is 0 Å². The molecule has 0 aliphatic carbocycles. The van der Waals surface area contributed by atoms with E-state index in [1.54, 1.807) is 13.1 Å². The smallest absolute Gasteiger partial charge is 0.267 e. The Morgan fingerprint density at radius 1 is 1.40 bits per heavy atom. The number of primary amides is 1. The number of amides is 1.